The highest BCUT2D eigenvalue weighted by Gasteiger charge is 2.12. The van der Waals surface area contributed by atoms with E-state index in [1.807, 2.05) is 49.4 Å². The first-order chi connectivity index (χ1) is 12.7. The monoisotopic (exact) mass is 346 g/mol. The maximum atomic E-state index is 12.6. The number of amides is 1. The van der Waals surface area contributed by atoms with Crippen molar-refractivity contribution in [2.45, 2.75) is 26.8 Å². The molecule has 0 unspecified atom stereocenters. The number of nitrogens with one attached hydrogen (secondary N) is 2. The Hall–Kier alpha value is -3.21. The van der Waals surface area contributed by atoms with Crippen LogP contribution in [-0.2, 0) is 13.0 Å². The van der Waals surface area contributed by atoms with Gasteiger partial charge in [0.15, 0.2) is 0 Å². The average Bonchev–Trinajstić information content (AvgIpc) is 2.69. The average molecular weight is 346 g/mol. The lowest BCUT2D eigenvalue weighted by Gasteiger charge is -2.13. The highest BCUT2D eigenvalue weighted by molar-refractivity contribution is 6.04. The number of aryl methyl sites for hydroxylation is 2. The van der Waals surface area contributed by atoms with Crippen molar-refractivity contribution in [1.82, 2.24) is 9.97 Å². The number of benzene rings is 1. The number of hydrogen-bond donors (Lipinski definition) is 2. The summed E-state index contributed by atoms with van der Waals surface area (Å²) in [6.07, 6.45) is 4.25. The first-order valence-corrected chi connectivity index (χ1v) is 8.67. The van der Waals surface area contributed by atoms with Crippen LogP contribution in [0.3, 0.4) is 0 Å². The van der Waals surface area contributed by atoms with Crippen molar-refractivity contribution in [2.24, 2.45) is 0 Å². The van der Waals surface area contributed by atoms with Gasteiger partial charge in [0.25, 0.3) is 5.91 Å². The molecule has 132 valence electrons. The molecule has 0 aliphatic heterocycles. The molecular formula is C21H22N4O. The van der Waals surface area contributed by atoms with Crippen LogP contribution >= 0.6 is 0 Å². The van der Waals surface area contributed by atoms with Gasteiger partial charge in [-0.25, -0.2) is 0 Å². The molecule has 0 fully saturated rings. The zero-order chi connectivity index (χ0) is 18.4. The van der Waals surface area contributed by atoms with Gasteiger partial charge in [0.1, 0.15) is 5.69 Å². The summed E-state index contributed by atoms with van der Waals surface area (Å²) in [6, 6.07) is 15.4. The van der Waals surface area contributed by atoms with E-state index < -0.39 is 0 Å². The number of hydrogen-bond acceptors (Lipinski definition) is 4. The molecule has 26 heavy (non-hydrogen) atoms. The molecule has 0 saturated heterocycles. The van der Waals surface area contributed by atoms with Crippen LogP contribution in [0, 0.1) is 6.92 Å². The van der Waals surface area contributed by atoms with Crippen molar-refractivity contribution in [1.29, 1.82) is 0 Å². The van der Waals surface area contributed by atoms with Crippen LogP contribution in [0.25, 0.3) is 0 Å². The lowest BCUT2D eigenvalue weighted by molar-refractivity contribution is 0.102. The summed E-state index contributed by atoms with van der Waals surface area (Å²) >= 11 is 0. The molecular weight excluding hydrogens is 324 g/mol. The third kappa shape index (κ3) is 4.25. The number of rotatable bonds is 6. The molecule has 2 heterocycles. The first-order valence-electron chi connectivity index (χ1n) is 8.67. The maximum Gasteiger partial charge on any atom is 0.274 e. The van der Waals surface area contributed by atoms with Crippen LogP contribution in [-0.4, -0.2) is 15.9 Å². The van der Waals surface area contributed by atoms with Crippen LogP contribution in [0.15, 0.2) is 60.9 Å². The Labute approximate surface area is 153 Å². The number of anilines is 2. The van der Waals surface area contributed by atoms with E-state index in [0.717, 1.165) is 34.6 Å². The Bertz CT molecular complexity index is 894. The fourth-order valence-corrected chi connectivity index (χ4v) is 2.74. The van der Waals surface area contributed by atoms with Crippen molar-refractivity contribution in [3.8, 4) is 0 Å². The fraction of sp³-hybridized carbons (Fsp3) is 0.190. The van der Waals surface area contributed by atoms with Gasteiger partial charge in [0.2, 0.25) is 0 Å². The Balaban J connectivity index is 1.72. The highest BCUT2D eigenvalue weighted by Crippen LogP contribution is 2.22. The van der Waals surface area contributed by atoms with E-state index in [2.05, 4.69) is 27.5 Å². The van der Waals surface area contributed by atoms with Crippen molar-refractivity contribution in [2.75, 3.05) is 10.6 Å². The zero-order valence-electron chi connectivity index (χ0n) is 15.0. The smallest absolute Gasteiger partial charge is 0.274 e. The second kappa shape index (κ2) is 8.25. The molecule has 5 nitrogen and oxygen atoms in total. The molecule has 0 saturated carbocycles. The predicted molar refractivity (Wildman–Crippen MR) is 104 cm³/mol. The van der Waals surface area contributed by atoms with E-state index in [1.54, 1.807) is 18.5 Å². The van der Waals surface area contributed by atoms with Crippen LogP contribution < -0.4 is 10.6 Å². The topological polar surface area (TPSA) is 66.9 Å². The number of pyridine rings is 2. The largest absolute Gasteiger partial charge is 0.379 e. The van der Waals surface area contributed by atoms with Gasteiger partial charge in [-0.1, -0.05) is 31.2 Å². The third-order valence-corrected chi connectivity index (χ3v) is 4.17. The second-order valence-corrected chi connectivity index (χ2v) is 6.02. The molecule has 0 radical (unpaired) electrons. The fourth-order valence-electron chi connectivity index (χ4n) is 2.74. The van der Waals surface area contributed by atoms with Gasteiger partial charge >= 0.3 is 0 Å². The molecule has 1 amide bonds. The number of carbonyl (C=O) groups excluding carboxylic acids is 1. The molecule has 0 atom stereocenters. The Morgan fingerprint density at radius 2 is 1.92 bits per heavy atom. The van der Waals surface area contributed by atoms with E-state index in [4.69, 9.17) is 0 Å². The SMILES string of the molecule is CCc1cccc(C)c1NC(=O)c1cc(NCc2ccccn2)ccn1. The standard InChI is InChI=1S/C21H22N4O/c1-3-16-8-6-7-15(2)20(16)25-21(26)19-13-17(10-12-23-19)24-14-18-9-4-5-11-22-18/h4-13H,3,14H2,1-2H3,(H,23,24)(H,25,26). The summed E-state index contributed by atoms with van der Waals surface area (Å²) in [5, 5.41) is 6.28. The molecule has 0 bridgehead atoms. The van der Waals surface area contributed by atoms with E-state index >= 15 is 0 Å². The van der Waals surface area contributed by atoms with Crippen molar-refractivity contribution in [3.63, 3.8) is 0 Å². The molecule has 0 aliphatic rings. The summed E-state index contributed by atoms with van der Waals surface area (Å²) in [6.45, 7) is 4.65. The third-order valence-electron chi connectivity index (χ3n) is 4.17. The molecule has 3 rings (SSSR count). The van der Waals surface area contributed by atoms with E-state index in [1.165, 1.54) is 0 Å². The minimum atomic E-state index is -0.213. The quantitative estimate of drug-likeness (QED) is 0.701. The van der Waals surface area contributed by atoms with Crippen molar-refractivity contribution in [3.05, 3.63) is 83.4 Å². The first kappa shape index (κ1) is 17.6. The van der Waals surface area contributed by atoms with Crippen molar-refractivity contribution < 1.29 is 4.79 Å². The number of carbonyl (C=O) groups is 1. The molecule has 0 spiro atoms. The predicted octanol–water partition coefficient (Wildman–Crippen LogP) is 4.21. The Morgan fingerprint density at radius 3 is 2.69 bits per heavy atom. The summed E-state index contributed by atoms with van der Waals surface area (Å²) < 4.78 is 0. The molecule has 1 aromatic carbocycles. The van der Waals surface area contributed by atoms with E-state index in [0.29, 0.717) is 12.2 Å². The zero-order valence-corrected chi connectivity index (χ0v) is 15.0. The summed E-state index contributed by atoms with van der Waals surface area (Å²) in [4.78, 5) is 21.1. The van der Waals surface area contributed by atoms with Gasteiger partial charge in [0.05, 0.1) is 12.2 Å². The van der Waals surface area contributed by atoms with Gasteiger partial charge < -0.3 is 10.6 Å². The number of nitrogens with zero attached hydrogens (tertiary/aromatic N) is 2. The normalized spacial score (nSPS) is 10.4. The summed E-state index contributed by atoms with van der Waals surface area (Å²) in [7, 11) is 0. The van der Waals surface area contributed by atoms with Gasteiger partial charge in [0, 0.05) is 23.8 Å². The number of aromatic nitrogens is 2. The Morgan fingerprint density at radius 1 is 1.04 bits per heavy atom. The van der Waals surface area contributed by atoms with E-state index in [9.17, 15) is 4.79 Å². The van der Waals surface area contributed by atoms with Gasteiger partial charge in [-0.15, -0.1) is 0 Å². The van der Waals surface area contributed by atoms with Gasteiger partial charge in [-0.05, 0) is 48.7 Å². The van der Waals surface area contributed by atoms with Gasteiger partial charge in [-0.2, -0.15) is 0 Å². The van der Waals surface area contributed by atoms with Crippen molar-refractivity contribution >= 4 is 17.3 Å². The summed E-state index contributed by atoms with van der Waals surface area (Å²) in [5.74, 6) is -0.213. The maximum absolute atomic E-state index is 12.6. The van der Waals surface area contributed by atoms with Gasteiger partial charge in [-0.3, -0.25) is 14.8 Å². The minimum Gasteiger partial charge on any atom is -0.379 e. The van der Waals surface area contributed by atoms with Crippen LogP contribution in [0.1, 0.15) is 34.2 Å². The molecule has 2 aromatic heterocycles. The van der Waals surface area contributed by atoms with E-state index in [-0.39, 0.29) is 5.91 Å². The van der Waals surface area contributed by atoms with Crippen LogP contribution in [0.5, 0.6) is 0 Å². The molecule has 5 heteroatoms. The molecule has 0 aliphatic carbocycles. The van der Waals surface area contributed by atoms with Crippen LogP contribution in [0.4, 0.5) is 11.4 Å². The molecule has 2 N–H and O–H groups in total. The lowest BCUT2D eigenvalue weighted by atomic mass is 10.1. The Kier molecular flexibility index (Phi) is 5.59. The summed E-state index contributed by atoms with van der Waals surface area (Å²) in [5.41, 5.74) is 5.17. The highest BCUT2D eigenvalue weighted by atomic mass is 16.1. The minimum absolute atomic E-state index is 0.213. The second-order valence-electron chi connectivity index (χ2n) is 6.02. The van der Waals surface area contributed by atoms with Crippen LogP contribution in [0.2, 0.25) is 0 Å². The molecule has 3 aromatic rings. The lowest BCUT2D eigenvalue weighted by Crippen LogP contribution is -2.16. The number of para-hydroxylation sites is 1.